The standard InChI is InChI=1S/C16H29NO3S/c1-16(2)10-4-5-12(11-16)15(18)17-13-6-8-14(9-7-13)21(3,19)20/h12-14H,4-11H2,1-3H3,(H,17,18). The Morgan fingerprint density at radius 3 is 2.24 bits per heavy atom. The third kappa shape index (κ3) is 4.70. The van der Waals surface area contributed by atoms with E-state index in [9.17, 15) is 13.2 Å². The first-order chi connectivity index (χ1) is 9.67. The molecular formula is C16H29NO3S. The number of sulfone groups is 1. The van der Waals surface area contributed by atoms with Crippen molar-refractivity contribution in [3.8, 4) is 0 Å². The second-order valence-electron chi connectivity index (χ2n) is 7.77. The van der Waals surface area contributed by atoms with Gasteiger partial charge in [-0.15, -0.1) is 0 Å². The number of amides is 1. The first-order valence-electron chi connectivity index (χ1n) is 8.17. The van der Waals surface area contributed by atoms with Crippen LogP contribution in [-0.2, 0) is 14.6 Å². The molecule has 122 valence electrons. The van der Waals surface area contributed by atoms with Crippen molar-refractivity contribution in [1.29, 1.82) is 0 Å². The van der Waals surface area contributed by atoms with Gasteiger partial charge in [0.2, 0.25) is 5.91 Å². The van der Waals surface area contributed by atoms with Crippen molar-refractivity contribution in [2.45, 2.75) is 76.5 Å². The minimum atomic E-state index is -2.93. The minimum absolute atomic E-state index is 0.140. The van der Waals surface area contributed by atoms with Crippen molar-refractivity contribution < 1.29 is 13.2 Å². The van der Waals surface area contributed by atoms with Crippen LogP contribution in [0.25, 0.3) is 0 Å². The van der Waals surface area contributed by atoms with Crippen LogP contribution in [-0.4, -0.2) is 31.9 Å². The van der Waals surface area contributed by atoms with Crippen LogP contribution in [0, 0.1) is 11.3 Å². The van der Waals surface area contributed by atoms with Gasteiger partial charge in [0.05, 0.1) is 5.25 Å². The van der Waals surface area contributed by atoms with Crippen LogP contribution in [0.2, 0.25) is 0 Å². The lowest BCUT2D eigenvalue weighted by molar-refractivity contribution is -0.128. The van der Waals surface area contributed by atoms with Crippen molar-refractivity contribution in [2.24, 2.45) is 11.3 Å². The van der Waals surface area contributed by atoms with Crippen LogP contribution in [0.4, 0.5) is 0 Å². The second kappa shape index (κ2) is 6.27. The molecule has 2 rings (SSSR count). The van der Waals surface area contributed by atoms with E-state index in [0.717, 1.165) is 32.1 Å². The van der Waals surface area contributed by atoms with Crippen molar-refractivity contribution in [3.05, 3.63) is 0 Å². The maximum Gasteiger partial charge on any atom is 0.223 e. The van der Waals surface area contributed by atoms with Crippen LogP contribution in [0.3, 0.4) is 0 Å². The van der Waals surface area contributed by atoms with Crippen molar-refractivity contribution in [2.75, 3.05) is 6.26 Å². The highest BCUT2D eigenvalue weighted by Crippen LogP contribution is 2.38. The highest BCUT2D eigenvalue weighted by atomic mass is 32.2. The van der Waals surface area contributed by atoms with Gasteiger partial charge < -0.3 is 5.32 Å². The lowest BCUT2D eigenvalue weighted by Gasteiger charge is -2.36. The molecule has 1 amide bonds. The van der Waals surface area contributed by atoms with E-state index in [1.165, 1.54) is 12.7 Å². The van der Waals surface area contributed by atoms with Crippen molar-refractivity contribution in [3.63, 3.8) is 0 Å². The molecule has 21 heavy (non-hydrogen) atoms. The zero-order valence-corrected chi connectivity index (χ0v) is 14.3. The molecule has 1 atom stereocenters. The summed E-state index contributed by atoms with van der Waals surface area (Å²) in [5, 5.41) is 2.96. The van der Waals surface area contributed by atoms with Gasteiger partial charge in [-0.05, 0) is 50.4 Å². The number of carbonyl (C=O) groups excluding carboxylic acids is 1. The zero-order chi connectivity index (χ0) is 15.7. The average Bonchev–Trinajstić information content (AvgIpc) is 2.37. The summed E-state index contributed by atoms with van der Waals surface area (Å²) in [6.45, 7) is 4.48. The third-order valence-corrected chi connectivity index (χ3v) is 6.88. The number of rotatable bonds is 3. The van der Waals surface area contributed by atoms with Gasteiger partial charge in [-0.3, -0.25) is 4.79 Å². The molecule has 0 radical (unpaired) electrons. The Morgan fingerprint density at radius 2 is 1.71 bits per heavy atom. The number of nitrogens with one attached hydrogen (secondary N) is 1. The summed E-state index contributed by atoms with van der Waals surface area (Å²) in [5.41, 5.74) is 0.272. The molecule has 0 heterocycles. The molecule has 5 heteroatoms. The highest BCUT2D eigenvalue weighted by Gasteiger charge is 2.34. The van der Waals surface area contributed by atoms with Gasteiger partial charge in [-0.2, -0.15) is 0 Å². The Bertz CT molecular complexity index is 476. The molecule has 2 fully saturated rings. The Kier molecular flexibility index (Phi) is 5.01. The molecule has 0 aliphatic heterocycles. The summed E-state index contributed by atoms with van der Waals surface area (Å²) >= 11 is 0. The molecule has 0 spiro atoms. The topological polar surface area (TPSA) is 63.2 Å². The molecule has 4 nitrogen and oxygen atoms in total. The fraction of sp³-hybridized carbons (Fsp3) is 0.938. The first-order valence-corrected chi connectivity index (χ1v) is 10.1. The van der Waals surface area contributed by atoms with Crippen LogP contribution in [0.5, 0.6) is 0 Å². The normalized spacial score (nSPS) is 33.4. The molecule has 2 aliphatic rings. The van der Waals surface area contributed by atoms with E-state index in [2.05, 4.69) is 19.2 Å². The fourth-order valence-corrected chi connectivity index (χ4v) is 5.00. The average molecular weight is 315 g/mol. The van der Waals surface area contributed by atoms with Crippen LogP contribution < -0.4 is 5.32 Å². The highest BCUT2D eigenvalue weighted by molar-refractivity contribution is 7.91. The maximum atomic E-state index is 12.4. The quantitative estimate of drug-likeness (QED) is 0.871. The summed E-state index contributed by atoms with van der Waals surface area (Å²) in [6.07, 6.45) is 8.56. The maximum absolute atomic E-state index is 12.4. The monoisotopic (exact) mass is 315 g/mol. The Morgan fingerprint density at radius 1 is 1.10 bits per heavy atom. The van der Waals surface area contributed by atoms with Crippen LogP contribution in [0.1, 0.15) is 65.2 Å². The predicted octanol–water partition coefficient (Wildman–Crippen LogP) is 2.67. The van der Waals surface area contributed by atoms with Gasteiger partial charge in [0.1, 0.15) is 9.84 Å². The van der Waals surface area contributed by atoms with E-state index in [-0.39, 0.29) is 28.5 Å². The molecule has 2 aliphatic carbocycles. The van der Waals surface area contributed by atoms with Gasteiger partial charge >= 0.3 is 0 Å². The molecule has 0 aromatic heterocycles. The SMILES string of the molecule is CC1(C)CCCC(C(=O)NC2CCC(S(C)(=O)=O)CC2)C1. The zero-order valence-electron chi connectivity index (χ0n) is 13.5. The molecule has 2 saturated carbocycles. The number of carbonyl (C=O) groups is 1. The van der Waals surface area contributed by atoms with Crippen LogP contribution in [0.15, 0.2) is 0 Å². The van der Waals surface area contributed by atoms with Gasteiger partial charge in [-0.1, -0.05) is 20.3 Å². The van der Waals surface area contributed by atoms with E-state index in [1.54, 1.807) is 0 Å². The largest absolute Gasteiger partial charge is 0.353 e. The van der Waals surface area contributed by atoms with E-state index in [0.29, 0.717) is 12.8 Å². The smallest absolute Gasteiger partial charge is 0.223 e. The molecule has 0 saturated heterocycles. The molecule has 1 N–H and O–H groups in total. The van der Waals surface area contributed by atoms with Crippen molar-refractivity contribution in [1.82, 2.24) is 5.32 Å². The van der Waals surface area contributed by atoms with E-state index in [1.807, 2.05) is 0 Å². The second-order valence-corrected chi connectivity index (χ2v) is 10.1. The lowest BCUT2D eigenvalue weighted by atomic mass is 9.72. The lowest BCUT2D eigenvalue weighted by Crippen LogP contribution is -2.44. The summed E-state index contributed by atoms with van der Waals surface area (Å²) in [4.78, 5) is 12.4. The fourth-order valence-electron chi connectivity index (χ4n) is 3.88. The summed E-state index contributed by atoms with van der Waals surface area (Å²) in [5.74, 6) is 0.326. The third-order valence-electron chi connectivity index (χ3n) is 5.20. The summed E-state index contributed by atoms with van der Waals surface area (Å²) in [7, 11) is -2.93. The molecular weight excluding hydrogens is 286 g/mol. The Hall–Kier alpha value is -0.580. The molecule has 0 bridgehead atoms. The van der Waals surface area contributed by atoms with Gasteiger partial charge in [0, 0.05) is 18.2 Å². The van der Waals surface area contributed by atoms with E-state index in [4.69, 9.17) is 0 Å². The molecule has 0 aromatic carbocycles. The number of hydrogen-bond acceptors (Lipinski definition) is 3. The molecule has 0 aromatic rings. The van der Waals surface area contributed by atoms with Gasteiger partial charge in [0.25, 0.3) is 0 Å². The minimum Gasteiger partial charge on any atom is -0.353 e. The summed E-state index contributed by atoms with van der Waals surface area (Å²) < 4.78 is 23.1. The number of hydrogen-bond donors (Lipinski definition) is 1. The van der Waals surface area contributed by atoms with Gasteiger partial charge in [0.15, 0.2) is 0 Å². The molecule has 1 unspecified atom stereocenters. The van der Waals surface area contributed by atoms with E-state index < -0.39 is 9.84 Å². The van der Waals surface area contributed by atoms with Crippen LogP contribution >= 0.6 is 0 Å². The Labute approximate surface area is 129 Å². The predicted molar refractivity (Wildman–Crippen MR) is 84.8 cm³/mol. The van der Waals surface area contributed by atoms with Gasteiger partial charge in [-0.25, -0.2) is 8.42 Å². The van der Waals surface area contributed by atoms with Crippen molar-refractivity contribution >= 4 is 15.7 Å². The first kappa shape index (κ1) is 16.8. The summed E-state index contributed by atoms with van der Waals surface area (Å²) in [6, 6.07) is 0.167. The Balaban J connectivity index is 1.82. The van der Waals surface area contributed by atoms with E-state index >= 15 is 0 Å².